The lowest BCUT2D eigenvalue weighted by Crippen LogP contribution is -2.40. The Balaban J connectivity index is 5.28. The van der Waals surface area contributed by atoms with Crippen LogP contribution in [-0.2, 0) is 19.1 Å². The Hall–Kier alpha value is -1.28. The standard InChI is InChI=1S/C32H62N2O5S/c1-6-11-15-20-28(21-16-12-7-2)38-30(35)26-34(32(37)40-25-19-24-33-10-5)27-31(36)39-29(22-17-13-8-3)23-18-14-9-4/h28-29,33H,6-27H2,1-5H3. The van der Waals surface area contributed by atoms with E-state index in [1.165, 1.54) is 4.90 Å². The summed E-state index contributed by atoms with van der Waals surface area (Å²) in [5.74, 6) is -0.246. The smallest absolute Gasteiger partial charge is 0.325 e. The first-order chi connectivity index (χ1) is 19.4. The summed E-state index contributed by atoms with van der Waals surface area (Å²) < 4.78 is 11.7. The van der Waals surface area contributed by atoms with Gasteiger partial charge in [-0.15, -0.1) is 0 Å². The number of nitrogens with zero attached hydrogens (tertiary/aromatic N) is 1. The summed E-state index contributed by atoms with van der Waals surface area (Å²) in [5, 5.41) is 2.99. The minimum atomic E-state index is -0.435. The third kappa shape index (κ3) is 22.4. The van der Waals surface area contributed by atoms with Crippen molar-refractivity contribution in [1.82, 2.24) is 10.2 Å². The highest BCUT2D eigenvalue weighted by atomic mass is 32.2. The molecule has 0 saturated heterocycles. The molecular weight excluding hydrogens is 524 g/mol. The van der Waals surface area contributed by atoms with Crippen molar-refractivity contribution in [2.75, 3.05) is 31.9 Å². The normalized spacial score (nSPS) is 11.3. The third-order valence-electron chi connectivity index (χ3n) is 6.99. The Morgan fingerprint density at radius 1 is 0.625 bits per heavy atom. The zero-order valence-electron chi connectivity index (χ0n) is 26.6. The van der Waals surface area contributed by atoms with Crippen LogP contribution in [0.15, 0.2) is 0 Å². The molecule has 0 aromatic carbocycles. The molecule has 0 atom stereocenters. The lowest BCUT2D eigenvalue weighted by atomic mass is 10.0. The first-order valence-electron chi connectivity index (χ1n) is 16.4. The van der Waals surface area contributed by atoms with Crippen molar-refractivity contribution in [1.29, 1.82) is 0 Å². The summed E-state index contributed by atoms with van der Waals surface area (Å²) in [7, 11) is 0. The first-order valence-corrected chi connectivity index (χ1v) is 17.4. The molecule has 0 aliphatic carbocycles. The summed E-state index contributed by atoms with van der Waals surface area (Å²) in [6, 6.07) is 0. The average molecular weight is 587 g/mol. The SMILES string of the molecule is CCCCCC(CCCCC)OC(=O)CN(CC(=O)OC(CCCCC)CCCCC)C(=O)SCCCNCC. The van der Waals surface area contributed by atoms with Crippen LogP contribution in [-0.4, -0.2) is 66.2 Å². The highest BCUT2D eigenvalue weighted by Crippen LogP contribution is 2.18. The van der Waals surface area contributed by atoms with E-state index < -0.39 is 11.9 Å². The zero-order chi connectivity index (χ0) is 29.8. The second-order valence-electron chi connectivity index (χ2n) is 10.9. The highest BCUT2D eigenvalue weighted by Gasteiger charge is 2.25. The predicted octanol–water partition coefficient (Wildman–Crippen LogP) is 8.29. The van der Waals surface area contributed by atoms with Crippen molar-refractivity contribution < 1.29 is 23.9 Å². The minimum Gasteiger partial charge on any atom is -0.461 e. The molecule has 0 saturated carbocycles. The van der Waals surface area contributed by atoms with Crippen molar-refractivity contribution in [3.05, 3.63) is 0 Å². The van der Waals surface area contributed by atoms with Gasteiger partial charge in [0.1, 0.15) is 25.3 Å². The fraction of sp³-hybridized carbons (Fsp3) is 0.906. The number of hydrogen-bond acceptors (Lipinski definition) is 7. The number of nitrogens with one attached hydrogen (secondary N) is 1. The fourth-order valence-electron chi connectivity index (χ4n) is 4.58. The molecule has 7 nitrogen and oxygen atoms in total. The van der Waals surface area contributed by atoms with Crippen molar-refractivity contribution in [3.63, 3.8) is 0 Å². The van der Waals surface area contributed by atoms with Crippen LogP contribution >= 0.6 is 11.8 Å². The largest absolute Gasteiger partial charge is 0.461 e. The van der Waals surface area contributed by atoms with Crippen LogP contribution in [0.1, 0.15) is 144 Å². The highest BCUT2D eigenvalue weighted by molar-refractivity contribution is 8.13. The number of carbonyl (C=O) groups is 3. The molecule has 0 aliphatic rings. The van der Waals surface area contributed by atoms with Crippen LogP contribution < -0.4 is 5.32 Å². The molecule has 0 bridgehead atoms. The molecule has 40 heavy (non-hydrogen) atoms. The van der Waals surface area contributed by atoms with Gasteiger partial charge in [0.15, 0.2) is 0 Å². The number of rotatable bonds is 27. The summed E-state index contributed by atoms with van der Waals surface area (Å²) >= 11 is 1.16. The molecule has 0 fully saturated rings. The van der Waals surface area contributed by atoms with Gasteiger partial charge in [-0.1, -0.05) is 97.7 Å². The van der Waals surface area contributed by atoms with Crippen molar-refractivity contribution in [2.24, 2.45) is 0 Å². The Bertz CT molecular complexity index is 574. The molecule has 0 heterocycles. The predicted molar refractivity (Wildman–Crippen MR) is 169 cm³/mol. The molecule has 236 valence electrons. The van der Waals surface area contributed by atoms with E-state index in [9.17, 15) is 14.4 Å². The average Bonchev–Trinajstić information content (AvgIpc) is 2.92. The van der Waals surface area contributed by atoms with E-state index in [0.29, 0.717) is 5.75 Å². The molecule has 0 aromatic heterocycles. The van der Waals surface area contributed by atoms with Crippen LogP contribution in [0.3, 0.4) is 0 Å². The Kier molecular flexibility index (Phi) is 27.0. The lowest BCUT2D eigenvalue weighted by molar-refractivity contribution is -0.153. The topological polar surface area (TPSA) is 84.9 Å². The van der Waals surface area contributed by atoms with E-state index in [-0.39, 0.29) is 30.5 Å². The van der Waals surface area contributed by atoms with E-state index in [2.05, 4.69) is 33.0 Å². The summed E-state index contributed by atoms with van der Waals surface area (Å²) in [5.41, 5.74) is 0. The maximum absolute atomic E-state index is 13.1. The quantitative estimate of drug-likeness (QED) is 0.0765. The summed E-state index contributed by atoms with van der Waals surface area (Å²) in [6.07, 6.45) is 16.9. The van der Waals surface area contributed by atoms with E-state index in [0.717, 1.165) is 134 Å². The fourth-order valence-corrected chi connectivity index (χ4v) is 5.36. The molecule has 0 aliphatic heterocycles. The van der Waals surface area contributed by atoms with Crippen molar-refractivity contribution in [3.8, 4) is 0 Å². The Morgan fingerprint density at radius 3 is 1.38 bits per heavy atom. The number of amides is 1. The second kappa shape index (κ2) is 27.9. The van der Waals surface area contributed by atoms with Crippen LogP contribution in [0.5, 0.6) is 0 Å². The van der Waals surface area contributed by atoms with E-state index >= 15 is 0 Å². The molecule has 0 spiro atoms. The number of ether oxygens (including phenoxy) is 2. The van der Waals surface area contributed by atoms with E-state index in [1.807, 2.05) is 6.92 Å². The van der Waals surface area contributed by atoms with Gasteiger partial charge in [-0.25, -0.2) is 0 Å². The Labute approximate surface area is 250 Å². The zero-order valence-corrected chi connectivity index (χ0v) is 27.4. The van der Waals surface area contributed by atoms with E-state index in [1.54, 1.807) is 0 Å². The van der Waals surface area contributed by atoms with E-state index in [4.69, 9.17) is 9.47 Å². The lowest BCUT2D eigenvalue weighted by Gasteiger charge is -2.24. The second-order valence-corrected chi connectivity index (χ2v) is 11.9. The van der Waals surface area contributed by atoms with Crippen molar-refractivity contribution >= 4 is 28.9 Å². The van der Waals surface area contributed by atoms with Gasteiger partial charge in [0.25, 0.3) is 5.24 Å². The van der Waals surface area contributed by atoms with Gasteiger partial charge in [-0.3, -0.25) is 14.4 Å². The molecule has 0 aromatic rings. The van der Waals surface area contributed by atoms with Crippen LogP contribution in [0, 0.1) is 0 Å². The van der Waals surface area contributed by atoms with Gasteiger partial charge in [-0.2, -0.15) is 0 Å². The van der Waals surface area contributed by atoms with Gasteiger partial charge in [0.05, 0.1) is 0 Å². The molecule has 0 rings (SSSR count). The van der Waals surface area contributed by atoms with Gasteiger partial charge in [-0.05, 0) is 70.9 Å². The number of thioether (sulfide) groups is 1. The van der Waals surface area contributed by atoms with Crippen LogP contribution in [0.25, 0.3) is 0 Å². The molecule has 0 radical (unpaired) electrons. The van der Waals surface area contributed by atoms with Crippen LogP contribution in [0.4, 0.5) is 4.79 Å². The third-order valence-corrected chi connectivity index (χ3v) is 7.98. The summed E-state index contributed by atoms with van der Waals surface area (Å²) in [4.78, 5) is 40.5. The molecule has 1 N–H and O–H groups in total. The van der Waals surface area contributed by atoms with Gasteiger partial charge >= 0.3 is 11.9 Å². The number of esters is 2. The van der Waals surface area contributed by atoms with Gasteiger partial charge < -0.3 is 19.7 Å². The molecule has 0 unspecified atom stereocenters. The maximum atomic E-state index is 13.1. The summed E-state index contributed by atoms with van der Waals surface area (Å²) in [6.45, 7) is 12.0. The number of unbranched alkanes of at least 4 members (excludes halogenated alkanes) is 8. The van der Waals surface area contributed by atoms with Crippen LogP contribution in [0.2, 0.25) is 0 Å². The monoisotopic (exact) mass is 586 g/mol. The van der Waals surface area contributed by atoms with Gasteiger partial charge in [0, 0.05) is 5.75 Å². The van der Waals surface area contributed by atoms with Crippen molar-refractivity contribution in [2.45, 2.75) is 156 Å². The maximum Gasteiger partial charge on any atom is 0.325 e. The molecule has 1 amide bonds. The minimum absolute atomic E-state index is 0.135. The number of carbonyl (C=O) groups excluding carboxylic acids is 3. The van der Waals surface area contributed by atoms with Gasteiger partial charge in [0.2, 0.25) is 0 Å². The molecule has 8 heteroatoms. The Morgan fingerprint density at radius 2 is 1.02 bits per heavy atom. The number of hydrogen-bond donors (Lipinski definition) is 1. The molecular formula is C32H62N2O5S. The first kappa shape index (κ1) is 38.7.